The summed E-state index contributed by atoms with van der Waals surface area (Å²) in [6, 6.07) is 19.7. The summed E-state index contributed by atoms with van der Waals surface area (Å²) < 4.78 is 5.35. The summed E-state index contributed by atoms with van der Waals surface area (Å²) >= 11 is 0. The number of ether oxygens (including phenoxy) is 1. The predicted octanol–water partition coefficient (Wildman–Crippen LogP) is 5.45. The van der Waals surface area contributed by atoms with E-state index in [1.54, 1.807) is 11.8 Å². The number of hydrogen-bond donors (Lipinski definition) is 1. The van der Waals surface area contributed by atoms with E-state index in [-0.39, 0.29) is 18.6 Å². The van der Waals surface area contributed by atoms with Gasteiger partial charge < -0.3 is 15.0 Å². The van der Waals surface area contributed by atoms with E-state index < -0.39 is 6.09 Å². The highest BCUT2D eigenvalue weighted by Crippen LogP contribution is 2.11. The molecule has 5 nitrogen and oxygen atoms in total. The molecule has 2 aromatic rings. The van der Waals surface area contributed by atoms with Crippen LogP contribution in [0.1, 0.15) is 31.4 Å². The molecule has 2 rings (SSSR count). The summed E-state index contributed by atoms with van der Waals surface area (Å²) in [6.45, 7) is 8.58. The van der Waals surface area contributed by atoms with Crippen LogP contribution in [-0.4, -0.2) is 36.1 Å². The van der Waals surface area contributed by atoms with E-state index >= 15 is 0 Å². The third kappa shape index (κ3) is 10.5. The van der Waals surface area contributed by atoms with Crippen LogP contribution in [0.25, 0.3) is 0 Å². The lowest BCUT2D eigenvalue weighted by Gasteiger charge is -2.25. The van der Waals surface area contributed by atoms with E-state index in [0.29, 0.717) is 31.5 Å². The van der Waals surface area contributed by atoms with Crippen molar-refractivity contribution in [3.05, 3.63) is 108 Å². The van der Waals surface area contributed by atoms with E-state index in [9.17, 15) is 9.59 Å². The number of carbonyl (C=O) groups excluding carboxylic acids is 2. The highest BCUT2D eigenvalue weighted by Gasteiger charge is 2.17. The maximum atomic E-state index is 12.5. The van der Waals surface area contributed by atoms with Gasteiger partial charge in [0.2, 0.25) is 5.91 Å². The van der Waals surface area contributed by atoms with Crippen LogP contribution >= 0.6 is 0 Å². The molecule has 1 atom stereocenters. The third-order valence-electron chi connectivity index (χ3n) is 5.08. The van der Waals surface area contributed by atoms with Gasteiger partial charge in [0.05, 0.1) is 0 Å². The molecule has 1 N–H and O–H groups in total. The standard InChI is InChI=1S/C28H34N2O3/c1-4-5-8-13-23(2)22-33-28(32)29-27(20-25-14-9-6-10-15-25)18-19-30(24(3)31)21-26-16-11-7-12-17-26/h4-17,27H,2,18-22H2,1,3H3,(H,29,32). The Hall–Kier alpha value is -3.60. The Bertz CT molecular complexity index is 936. The number of carbonyl (C=O) groups is 2. The van der Waals surface area contributed by atoms with E-state index in [1.165, 1.54) is 0 Å². The fraction of sp³-hybridized carbons (Fsp3) is 0.286. The van der Waals surface area contributed by atoms with Crippen molar-refractivity contribution in [2.45, 2.75) is 39.3 Å². The van der Waals surface area contributed by atoms with Crippen molar-refractivity contribution < 1.29 is 14.3 Å². The summed E-state index contributed by atoms with van der Waals surface area (Å²) in [5, 5.41) is 2.97. The van der Waals surface area contributed by atoms with Crippen LogP contribution in [0.4, 0.5) is 4.79 Å². The van der Waals surface area contributed by atoms with Crippen molar-refractivity contribution in [3.63, 3.8) is 0 Å². The van der Waals surface area contributed by atoms with Gasteiger partial charge in [0.1, 0.15) is 6.61 Å². The first-order chi connectivity index (χ1) is 16.0. The largest absolute Gasteiger partial charge is 0.445 e. The lowest BCUT2D eigenvalue weighted by atomic mass is 10.0. The zero-order chi connectivity index (χ0) is 23.9. The molecule has 0 aliphatic carbocycles. The molecule has 5 heteroatoms. The van der Waals surface area contributed by atoms with Gasteiger partial charge in [0.15, 0.2) is 0 Å². The molecule has 0 saturated heterocycles. The van der Waals surface area contributed by atoms with Gasteiger partial charge in [0, 0.05) is 26.1 Å². The molecular weight excluding hydrogens is 412 g/mol. The maximum absolute atomic E-state index is 12.5. The highest BCUT2D eigenvalue weighted by molar-refractivity contribution is 5.73. The molecule has 0 aromatic heterocycles. The Morgan fingerprint density at radius 2 is 1.67 bits per heavy atom. The second-order valence-corrected chi connectivity index (χ2v) is 7.87. The third-order valence-corrected chi connectivity index (χ3v) is 5.08. The van der Waals surface area contributed by atoms with Crippen LogP contribution in [-0.2, 0) is 22.5 Å². The van der Waals surface area contributed by atoms with Gasteiger partial charge in [-0.15, -0.1) is 0 Å². The van der Waals surface area contributed by atoms with Crippen LogP contribution in [0, 0.1) is 0 Å². The molecule has 0 spiro atoms. The normalized spacial score (nSPS) is 11.9. The van der Waals surface area contributed by atoms with Crippen LogP contribution in [0.3, 0.4) is 0 Å². The van der Waals surface area contributed by atoms with Crippen molar-refractivity contribution in [2.75, 3.05) is 13.2 Å². The second kappa shape index (κ2) is 14.5. The van der Waals surface area contributed by atoms with Crippen molar-refractivity contribution >= 4 is 12.0 Å². The zero-order valence-electron chi connectivity index (χ0n) is 19.6. The molecule has 1 unspecified atom stereocenters. The van der Waals surface area contributed by atoms with Gasteiger partial charge >= 0.3 is 6.09 Å². The van der Waals surface area contributed by atoms with E-state index in [4.69, 9.17) is 4.74 Å². The number of nitrogens with zero attached hydrogens (tertiary/aromatic N) is 1. The summed E-state index contributed by atoms with van der Waals surface area (Å²) in [6.07, 6.45) is 8.22. The van der Waals surface area contributed by atoms with Crippen molar-refractivity contribution in [1.82, 2.24) is 10.2 Å². The summed E-state index contributed by atoms with van der Waals surface area (Å²) in [5.74, 6) is 0.00380. The minimum atomic E-state index is -0.492. The van der Waals surface area contributed by atoms with E-state index in [1.807, 2.05) is 91.9 Å². The number of amides is 2. The van der Waals surface area contributed by atoms with Gasteiger partial charge in [-0.3, -0.25) is 4.79 Å². The van der Waals surface area contributed by atoms with Gasteiger partial charge in [-0.05, 0) is 36.5 Å². The zero-order valence-corrected chi connectivity index (χ0v) is 19.6. The van der Waals surface area contributed by atoms with Gasteiger partial charge in [-0.1, -0.05) is 91.5 Å². The minimum Gasteiger partial charge on any atom is -0.445 e. The van der Waals surface area contributed by atoms with Gasteiger partial charge in [-0.25, -0.2) is 4.79 Å². The Morgan fingerprint density at radius 3 is 2.27 bits per heavy atom. The highest BCUT2D eigenvalue weighted by atomic mass is 16.5. The Balaban J connectivity index is 1.98. The first kappa shape index (κ1) is 25.7. The van der Waals surface area contributed by atoms with E-state index in [2.05, 4.69) is 11.9 Å². The summed E-state index contributed by atoms with van der Waals surface area (Å²) in [7, 11) is 0. The van der Waals surface area contributed by atoms with Crippen molar-refractivity contribution in [2.24, 2.45) is 0 Å². The van der Waals surface area contributed by atoms with E-state index in [0.717, 1.165) is 11.1 Å². The molecule has 2 amide bonds. The number of benzene rings is 2. The molecule has 174 valence electrons. The topological polar surface area (TPSA) is 58.6 Å². The van der Waals surface area contributed by atoms with Crippen LogP contribution in [0.2, 0.25) is 0 Å². The molecule has 0 aliphatic heterocycles. The predicted molar refractivity (Wildman–Crippen MR) is 134 cm³/mol. The minimum absolute atomic E-state index is 0.00380. The number of hydrogen-bond acceptors (Lipinski definition) is 3. The Kier molecular flexibility index (Phi) is 11.2. The first-order valence-corrected chi connectivity index (χ1v) is 11.2. The molecule has 0 radical (unpaired) electrons. The maximum Gasteiger partial charge on any atom is 0.407 e. The Labute approximate surface area is 197 Å². The van der Waals surface area contributed by atoms with Crippen LogP contribution < -0.4 is 5.32 Å². The molecular formula is C28H34N2O3. The molecule has 2 aromatic carbocycles. The molecule has 0 aliphatic rings. The average molecular weight is 447 g/mol. The van der Waals surface area contributed by atoms with Crippen LogP contribution in [0.15, 0.2) is 97.1 Å². The van der Waals surface area contributed by atoms with Gasteiger partial charge in [-0.2, -0.15) is 0 Å². The molecule has 0 saturated carbocycles. The average Bonchev–Trinajstić information content (AvgIpc) is 2.81. The first-order valence-electron chi connectivity index (χ1n) is 11.2. The number of rotatable bonds is 12. The van der Waals surface area contributed by atoms with Gasteiger partial charge in [0.25, 0.3) is 0 Å². The monoisotopic (exact) mass is 446 g/mol. The SMILES string of the molecule is C=C(C=CC=CC)COC(=O)NC(CCN(Cc1ccccc1)C(C)=O)Cc1ccccc1. The Morgan fingerprint density at radius 1 is 1.03 bits per heavy atom. The lowest BCUT2D eigenvalue weighted by molar-refractivity contribution is -0.129. The fourth-order valence-electron chi connectivity index (χ4n) is 3.30. The molecule has 0 bridgehead atoms. The number of nitrogens with one attached hydrogen (secondary N) is 1. The molecule has 33 heavy (non-hydrogen) atoms. The smallest absolute Gasteiger partial charge is 0.407 e. The van der Waals surface area contributed by atoms with Crippen molar-refractivity contribution in [1.29, 1.82) is 0 Å². The fourth-order valence-corrected chi connectivity index (χ4v) is 3.30. The molecule has 0 fully saturated rings. The van der Waals surface area contributed by atoms with Crippen molar-refractivity contribution in [3.8, 4) is 0 Å². The van der Waals surface area contributed by atoms with Crippen LogP contribution in [0.5, 0.6) is 0 Å². The summed E-state index contributed by atoms with van der Waals surface area (Å²) in [4.78, 5) is 26.5. The summed E-state index contributed by atoms with van der Waals surface area (Å²) in [5.41, 5.74) is 2.89. The quantitative estimate of drug-likeness (QED) is 0.441. The molecule has 0 heterocycles. The number of alkyl carbamates (subject to hydrolysis) is 1. The second-order valence-electron chi connectivity index (χ2n) is 7.87. The lowest BCUT2D eigenvalue weighted by Crippen LogP contribution is -2.40. The number of allylic oxidation sites excluding steroid dienone is 3.